The van der Waals surface area contributed by atoms with Gasteiger partial charge in [0.2, 0.25) is 5.91 Å². The molecule has 0 saturated carbocycles. The zero-order chi connectivity index (χ0) is 19.6. The van der Waals surface area contributed by atoms with Gasteiger partial charge in [0.05, 0.1) is 11.1 Å². The number of anilines is 2. The first-order valence-electron chi connectivity index (χ1n) is 8.46. The molecule has 1 aliphatic rings. The minimum absolute atomic E-state index is 0.0834. The quantitative estimate of drug-likeness (QED) is 0.819. The molecule has 1 atom stereocenters. The van der Waals surface area contributed by atoms with Gasteiger partial charge in [0.25, 0.3) is 0 Å². The lowest BCUT2D eigenvalue weighted by atomic mass is 10.0. The minimum Gasteiger partial charge on any atom is -0.310 e. The molecule has 27 heavy (non-hydrogen) atoms. The fraction of sp³-hybridized carbons (Fsp3) is 0.333. The van der Waals surface area contributed by atoms with Crippen molar-refractivity contribution in [1.29, 1.82) is 0 Å². The normalized spacial score (nSPS) is 16.9. The number of nitrogens with one attached hydrogen (secondary N) is 1. The lowest BCUT2D eigenvalue weighted by molar-refractivity contribution is -0.117. The summed E-state index contributed by atoms with van der Waals surface area (Å²) in [6.07, 6.45) is 3.00. The summed E-state index contributed by atoms with van der Waals surface area (Å²) in [6, 6.07) is 6.16. The number of rotatable bonds is 5. The molecule has 0 bridgehead atoms. The highest BCUT2D eigenvalue weighted by atomic mass is 35.5. The number of amides is 3. The van der Waals surface area contributed by atoms with Crippen molar-refractivity contribution in [2.24, 2.45) is 5.92 Å². The number of carbonyl (C=O) groups is 2. The molecule has 0 spiro atoms. The highest BCUT2D eigenvalue weighted by molar-refractivity contribution is 6.31. The number of urea groups is 1. The molecule has 7 nitrogen and oxygen atoms in total. The van der Waals surface area contributed by atoms with Crippen LogP contribution in [0.25, 0.3) is 0 Å². The van der Waals surface area contributed by atoms with E-state index in [1.807, 2.05) is 13.8 Å². The summed E-state index contributed by atoms with van der Waals surface area (Å²) in [5.74, 6) is 0.684. The van der Waals surface area contributed by atoms with Gasteiger partial charge in [-0.25, -0.2) is 14.8 Å². The third-order valence-electron chi connectivity index (χ3n) is 4.31. The van der Waals surface area contributed by atoms with Crippen LogP contribution in [0.3, 0.4) is 0 Å². The van der Waals surface area contributed by atoms with E-state index in [0.717, 1.165) is 0 Å². The maximum atomic E-state index is 12.9. The summed E-state index contributed by atoms with van der Waals surface area (Å²) in [5.41, 5.74) is 0. The summed E-state index contributed by atoms with van der Waals surface area (Å²) in [5, 5.41) is 3.64. The zero-order valence-electron chi connectivity index (χ0n) is 14.9. The van der Waals surface area contributed by atoms with E-state index in [4.69, 9.17) is 23.2 Å². The van der Waals surface area contributed by atoms with E-state index in [-0.39, 0.29) is 30.4 Å². The Hall–Kier alpha value is -2.38. The Kier molecular flexibility index (Phi) is 5.82. The van der Waals surface area contributed by atoms with Gasteiger partial charge in [0, 0.05) is 24.0 Å². The van der Waals surface area contributed by atoms with E-state index >= 15 is 0 Å². The highest BCUT2D eigenvalue weighted by Crippen LogP contribution is 2.26. The van der Waals surface area contributed by atoms with E-state index in [1.54, 1.807) is 34.1 Å². The fourth-order valence-electron chi connectivity index (χ4n) is 2.95. The molecule has 1 aliphatic heterocycles. The van der Waals surface area contributed by atoms with Crippen LogP contribution in [-0.4, -0.2) is 45.9 Å². The smallest absolute Gasteiger partial charge is 0.310 e. The molecule has 0 aromatic carbocycles. The van der Waals surface area contributed by atoms with Gasteiger partial charge in [-0.3, -0.25) is 9.69 Å². The van der Waals surface area contributed by atoms with E-state index < -0.39 is 0 Å². The van der Waals surface area contributed by atoms with Crippen LogP contribution >= 0.6 is 23.2 Å². The number of hydrogen-bond acceptors (Lipinski definition) is 4. The molecule has 3 amide bonds. The van der Waals surface area contributed by atoms with E-state index in [9.17, 15) is 9.59 Å². The van der Waals surface area contributed by atoms with Crippen molar-refractivity contribution in [2.45, 2.75) is 19.9 Å². The Morgan fingerprint density at radius 1 is 1.26 bits per heavy atom. The van der Waals surface area contributed by atoms with Crippen LogP contribution in [0.5, 0.6) is 0 Å². The second-order valence-electron chi connectivity index (χ2n) is 6.57. The lowest BCUT2D eigenvalue weighted by Crippen LogP contribution is -2.42. The molecule has 0 radical (unpaired) electrons. The Labute approximate surface area is 167 Å². The Morgan fingerprint density at radius 3 is 2.67 bits per heavy atom. The molecule has 1 fully saturated rings. The zero-order valence-corrected chi connectivity index (χ0v) is 16.4. The molecule has 1 N–H and O–H groups in total. The number of aromatic nitrogens is 2. The Bertz CT molecular complexity index is 844. The van der Waals surface area contributed by atoms with Gasteiger partial charge in [0.1, 0.15) is 18.2 Å². The van der Waals surface area contributed by atoms with Crippen LogP contribution in [0.15, 0.2) is 36.7 Å². The van der Waals surface area contributed by atoms with Crippen LogP contribution in [0, 0.1) is 5.92 Å². The largest absolute Gasteiger partial charge is 0.326 e. The first-order valence-corrected chi connectivity index (χ1v) is 9.22. The molecule has 9 heteroatoms. The van der Waals surface area contributed by atoms with Crippen LogP contribution in [0.4, 0.5) is 16.4 Å². The van der Waals surface area contributed by atoms with Gasteiger partial charge in [-0.15, -0.1) is 0 Å². The number of halogens is 2. The number of pyridine rings is 2. The van der Waals surface area contributed by atoms with Crippen molar-refractivity contribution < 1.29 is 9.59 Å². The fourth-order valence-corrected chi connectivity index (χ4v) is 3.22. The monoisotopic (exact) mass is 407 g/mol. The molecule has 3 rings (SSSR count). The van der Waals surface area contributed by atoms with Gasteiger partial charge >= 0.3 is 6.03 Å². The third-order valence-corrected chi connectivity index (χ3v) is 4.77. The summed E-state index contributed by atoms with van der Waals surface area (Å²) < 4.78 is 0. The molecule has 1 saturated heterocycles. The van der Waals surface area contributed by atoms with Crippen molar-refractivity contribution in [3.05, 3.63) is 46.7 Å². The summed E-state index contributed by atoms with van der Waals surface area (Å²) in [6.45, 7) is 4.40. The van der Waals surface area contributed by atoms with E-state index in [2.05, 4.69) is 15.3 Å². The summed E-state index contributed by atoms with van der Waals surface area (Å²) in [7, 11) is 0. The Balaban J connectivity index is 1.75. The molecule has 0 unspecified atom stereocenters. The third kappa shape index (κ3) is 4.48. The maximum absolute atomic E-state index is 12.9. The Morgan fingerprint density at radius 2 is 2.04 bits per heavy atom. The van der Waals surface area contributed by atoms with Gasteiger partial charge in [-0.05, 0) is 30.2 Å². The molecule has 3 heterocycles. The topological polar surface area (TPSA) is 78.4 Å². The predicted molar refractivity (Wildman–Crippen MR) is 105 cm³/mol. The van der Waals surface area contributed by atoms with E-state index in [0.29, 0.717) is 28.2 Å². The average molecular weight is 408 g/mol. The molecule has 2 aromatic rings. The summed E-state index contributed by atoms with van der Waals surface area (Å²) >= 11 is 11.8. The van der Waals surface area contributed by atoms with Gasteiger partial charge in [-0.2, -0.15) is 0 Å². The SMILES string of the molecule is CC(C)[C@H]1CN(c2ccc(Cl)cn2)C(=O)N1CC(=O)Nc1cc(Cl)ccn1. The van der Waals surface area contributed by atoms with Crippen LogP contribution in [-0.2, 0) is 4.79 Å². The number of carbonyl (C=O) groups excluding carboxylic acids is 2. The summed E-state index contributed by atoms with van der Waals surface area (Å²) in [4.78, 5) is 36.7. The minimum atomic E-state index is -0.338. The molecule has 0 aliphatic carbocycles. The first-order chi connectivity index (χ1) is 12.8. The standard InChI is InChI=1S/C18H19Cl2N5O2/c1-11(2)14-9-25(16-4-3-13(20)8-22-16)18(27)24(14)10-17(26)23-15-7-12(19)5-6-21-15/h3-8,11,14H,9-10H2,1-2H3,(H,21,23,26)/t14-/m1/s1. The van der Waals surface area contributed by atoms with Gasteiger partial charge in [-0.1, -0.05) is 37.0 Å². The first kappa shape index (κ1) is 19.4. The molecule has 2 aromatic heterocycles. The van der Waals surface area contributed by atoms with Crippen LogP contribution < -0.4 is 10.2 Å². The van der Waals surface area contributed by atoms with Gasteiger partial charge in [0.15, 0.2) is 0 Å². The highest BCUT2D eigenvalue weighted by Gasteiger charge is 2.40. The molecular weight excluding hydrogens is 389 g/mol. The lowest BCUT2D eigenvalue weighted by Gasteiger charge is -2.25. The van der Waals surface area contributed by atoms with Crippen molar-refractivity contribution in [2.75, 3.05) is 23.3 Å². The second-order valence-corrected chi connectivity index (χ2v) is 7.45. The van der Waals surface area contributed by atoms with E-state index in [1.165, 1.54) is 12.4 Å². The van der Waals surface area contributed by atoms with Crippen LogP contribution in [0.2, 0.25) is 10.0 Å². The second kappa shape index (κ2) is 8.10. The average Bonchev–Trinajstić information content (AvgIpc) is 2.92. The number of nitrogens with zero attached hydrogens (tertiary/aromatic N) is 4. The maximum Gasteiger partial charge on any atom is 0.326 e. The molecular formula is C18H19Cl2N5O2. The van der Waals surface area contributed by atoms with Crippen molar-refractivity contribution in [1.82, 2.24) is 14.9 Å². The molecule has 142 valence electrons. The van der Waals surface area contributed by atoms with Gasteiger partial charge < -0.3 is 10.2 Å². The van der Waals surface area contributed by atoms with Crippen molar-refractivity contribution in [3.63, 3.8) is 0 Å². The predicted octanol–water partition coefficient (Wildman–Crippen LogP) is 3.69. The number of hydrogen-bond donors (Lipinski definition) is 1. The van der Waals surface area contributed by atoms with Crippen molar-refractivity contribution >= 4 is 46.8 Å². The van der Waals surface area contributed by atoms with Crippen molar-refractivity contribution in [3.8, 4) is 0 Å². The van der Waals surface area contributed by atoms with Crippen LogP contribution in [0.1, 0.15) is 13.8 Å².